The molecular weight excluding hydrogens is 302 g/mol. The minimum Gasteiger partial charge on any atom is -0.326 e. The van der Waals surface area contributed by atoms with E-state index in [0.717, 1.165) is 5.56 Å². The molecule has 0 aliphatic carbocycles. The van der Waals surface area contributed by atoms with Crippen LogP contribution in [0.25, 0.3) is 0 Å². The minimum absolute atomic E-state index is 0.101. The Morgan fingerprint density at radius 2 is 1.82 bits per heavy atom. The van der Waals surface area contributed by atoms with Crippen LogP contribution in [0.15, 0.2) is 47.5 Å². The van der Waals surface area contributed by atoms with Crippen molar-refractivity contribution in [2.75, 3.05) is 10.0 Å². The van der Waals surface area contributed by atoms with E-state index < -0.39 is 10.0 Å². The molecular formula is C15H17N3O3S. The number of amides is 1. The van der Waals surface area contributed by atoms with Crippen molar-refractivity contribution in [3.8, 4) is 0 Å². The molecule has 1 aromatic carbocycles. The van der Waals surface area contributed by atoms with Crippen molar-refractivity contribution in [3.63, 3.8) is 0 Å². The van der Waals surface area contributed by atoms with Gasteiger partial charge in [-0.3, -0.25) is 9.52 Å². The first-order valence-corrected chi connectivity index (χ1v) is 8.24. The van der Waals surface area contributed by atoms with Gasteiger partial charge in [0.05, 0.1) is 4.90 Å². The number of carbonyl (C=O) groups excluding carboxylic acids is 1. The maximum absolute atomic E-state index is 12.2. The van der Waals surface area contributed by atoms with Crippen molar-refractivity contribution >= 4 is 27.4 Å². The molecule has 6 nitrogen and oxygen atoms in total. The molecule has 2 aromatic rings. The van der Waals surface area contributed by atoms with E-state index in [1.165, 1.54) is 12.1 Å². The molecule has 7 heteroatoms. The van der Waals surface area contributed by atoms with Crippen molar-refractivity contribution in [2.24, 2.45) is 0 Å². The minimum atomic E-state index is -3.70. The lowest BCUT2D eigenvalue weighted by Crippen LogP contribution is -2.14. The summed E-state index contributed by atoms with van der Waals surface area (Å²) in [4.78, 5) is 15.4. The first-order chi connectivity index (χ1) is 10.4. The van der Waals surface area contributed by atoms with Gasteiger partial charge in [0.15, 0.2) is 0 Å². The first-order valence-electron chi connectivity index (χ1n) is 6.76. The Morgan fingerprint density at radius 3 is 2.36 bits per heavy atom. The van der Waals surface area contributed by atoms with Gasteiger partial charge in [0, 0.05) is 18.3 Å². The maximum atomic E-state index is 12.2. The summed E-state index contributed by atoms with van der Waals surface area (Å²) < 4.78 is 26.9. The van der Waals surface area contributed by atoms with Crippen LogP contribution in [0.3, 0.4) is 0 Å². The van der Waals surface area contributed by atoms with Gasteiger partial charge < -0.3 is 5.32 Å². The Labute approximate surface area is 129 Å². The molecule has 1 aromatic heterocycles. The summed E-state index contributed by atoms with van der Waals surface area (Å²) >= 11 is 0. The van der Waals surface area contributed by atoms with Gasteiger partial charge in [-0.15, -0.1) is 0 Å². The van der Waals surface area contributed by atoms with Crippen LogP contribution in [0.2, 0.25) is 0 Å². The summed E-state index contributed by atoms with van der Waals surface area (Å²) in [5.41, 5.74) is 1.50. The highest BCUT2D eigenvalue weighted by Gasteiger charge is 2.14. The Kier molecular flexibility index (Phi) is 4.77. The molecule has 1 amide bonds. The van der Waals surface area contributed by atoms with Crippen molar-refractivity contribution in [3.05, 3.63) is 48.2 Å². The van der Waals surface area contributed by atoms with E-state index in [9.17, 15) is 13.2 Å². The van der Waals surface area contributed by atoms with Crippen LogP contribution in [0, 0.1) is 6.92 Å². The van der Waals surface area contributed by atoms with Crippen molar-refractivity contribution in [1.29, 1.82) is 0 Å². The molecule has 0 aliphatic heterocycles. The van der Waals surface area contributed by atoms with Gasteiger partial charge in [-0.25, -0.2) is 13.4 Å². The number of sulfonamides is 1. The number of aryl methyl sites for hydroxylation is 1. The summed E-state index contributed by atoms with van der Waals surface area (Å²) in [6.07, 6.45) is 1.95. The topological polar surface area (TPSA) is 88.2 Å². The molecule has 116 valence electrons. The van der Waals surface area contributed by atoms with Gasteiger partial charge >= 0.3 is 0 Å². The second kappa shape index (κ2) is 6.57. The number of pyridine rings is 1. The molecule has 2 rings (SSSR count). The molecule has 0 unspecified atom stereocenters. The fourth-order valence-electron chi connectivity index (χ4n) is 1.69. The molecule has 0 aliphatic rings. The van der Waals surface area contributed by atoms with E-state index in [1.807, 2.05) is 6.92 Å². The summed E-state index contributed by atoms with van der Waals surface area (Å²) in [7, 11) is -3.70. The lowest BCUT2D eigenvalue weighted by Gasteiger charge is -2.09. The normalized spacial score (nSPS) is 11.0. The van der Waals surface area contributed by atoms with Crippen molar-refractivity contribution in [2.45, 2.75) is 25.2 Å². The van der Waals surface area contributed by atoms with E-state index in [1.54, 1.807) is 37.4 Å². The summed E-state index contributed by atoms with van der Waals surface area (Å²) in [5.74, 6) is 0.131. The molecule has 0 saturated heterocycles. The number of aromatic nitrogens is 1. The standard InChI is InChI=1S/C15H17N3O3S/c1-3-15(19)17-12-5-7-13(8-6-12)22(20,21)18-14-9-4-11(2)10-16-14/h4-10H,3H2,1-2H3,(H,16,18)(H,17,19). The van der Waals surface area contributed by atoms with Gasteiger partial charge in [0.1, 0.15) is 5.82 Å². The van der Waals surface area contributed by atoms with Crippen molar-refractivity contribution < 1.29 is 13.2 Å². The monoisotopic (exact) mass is 319 g/mol. The van der Waals surface area contributed by atoms with Gasteiger partial charge in [-0.2, -0.15) is 0 Å². The lowest BCUT2D eigenvalue weighted by atomic mass is 10.3. The van der Waals surface area contributed by atoms with E-state index >= 15 is 0 Å². The van der Waals surface area contributed by atoms with Gasteiger partial charge in [-0.05, 0) is 42.8 Å². The maximum Gasteiger partial charge on any atom is 0.263 e. The zero-order valence-electron chi connectivity index (χ0n) is 12.3. The lowest BCUT2D eigenvalue weighted by molar-refractivity contribution is -0.115. The zero-order chi connectivity index (χ0) is 16.2. The molecule has 0 saturated carbocycles. The smallest absolute Gasteiger partial charge is 0.263 e. The van der Waals surface area contributed by atoms with Crippen LogP contribution in [0.4, 0.5) is 11.5 Å². The van der Waals surface area contributed by atoms with Crippen LogP contribution in [-0.4, -0.2) is 19.3 Å². The number of hydrogen-bond acceptors (Lipinski definition) is 4. The molecule has 0 atom stereocenters. The van der Waals surface area contributed by atoms with Crippen LogP contribution >= 0.6 is 0 Å². The number of rotatable bonds is 5. The number of carbonyl (C=O) groups is 1. The fraction of sp³-hybridized carbons (Fsp3) is 0.200. The quantitative estimate of drug-likeness (QED) is 0.886. The van der Waals surface area contributed by atoms with Gasteiger partial charge in [-0.1, -0.05) is 13.0 Å². The second-order valence-corrected chi connectivity index (χ2v) is 6.43. The third-order valence-electron chi connectivity index (χ3n) is 2.92. The predicted molar refractivity (Wildman–Crippen MR) is 85.1 cm³/mol. The number of nitrogens with zero attached hydrogens (tertiary/aromatic N) is 1. The van der Waals surface area contributed by atoms with E-state index in [4.69, 9.17) is 0 Å². The fourth-order valence-corrected chi connectivity index (χ4v) is 2.70. The highest BCUT2D eigenvalue weighted by Crippen LogP contribution is 2.17. The van der Waals surface area contributed by atoms with Crippen molar-refractivity contribution in [1.82, 2.24) is 4.98 Å². The number of nitrogens with one attached hydrogen (secondary N) is 2. The number of anilines is 2. The largest absolute Gasteiger partial charge is 0.326 e. The Hall–Kier alpha value is -2.41. The summed E-state index contributed by atoms with van der Waals surface area (Å²) in [6, 6.07) is 9.33. The van der Waals surface area contributed by atoms with Gasteiger partial charge in [0.2, 0.25) is 5.91 Å². The highest BCUT2D eigenvalue weighted by atomic mass is 32.2. The highest BCUT2D eigenvalue weighted by molar-refractivity contribution is 7.92. The molecule has 0 spiro atoms. The molecule has 0 radical (unpaired) electrons. The van der Waals surface area contributed by atoms with Gasteiger partial charge in [0.25, 0.3) is 10.0 Å². The van der Waals surface area contributed by atoms with Crippen LogP contribution in [-0.2, 0) is 14.8 Å². The summed E-state index contributed by atoms with van der Waals surface area (Å²) in [6.45, 7) is 3.61. The first kappa shape index (κ1) is 16.0. The third kappa shape index (κ3) is 4.05. The van der Waals surface area contributed by atoms with Crippen LogP contribution in [0.5, 0.6) is 0 Å². The predicted octanol–water partition coefficient (Wildman–Crippen LogP) is 2.54. The van der Waals surface area contributed by atoms with E-state index in [-0.39, 0.29) is 16.6 Å². The van der Waals surface area contributed by atoms with Crippen LogP contribution in [0.1, 0.15) is 18.9 Å². The molecule has 0 fully saturated rings. The SMILES string of the molecule is CCC(=O)Nc1ccc(S(=O)(=O)Nc2ccc(C)cn2)cc1. The molecule has 0 bridgehead atoms. The van der Waals surface area contributed by atoms with E-state index in [0.29, 0.717) is 12.1 Å². The average molecular weight is 319 g/mol. The molecule has 2 N–H and O–H groups in total. The number of benzene rings is 1. The second-order valence-electron chi connectivity index (χ2n) is 4.75. The number of hydrogen-bond donors (Lipinski definition) is 2. The van der Waals surface area contributed by atoms with E-state index in [2.05, 4.69) is 15.0 Å². The average Bonchev–Trinajstić information content (AvgIpc) is 2.50. The Morgan fingerprint density at radius 1 is 1.14 bits per heavy atom. The molecule has 1 heterocycles. The Balaban J connectivity index is 2.15. The Bertz CT molecular complexity index is 754. The third-order valence-corrected chi connectivity index (χ3v) is 4.29. The zero-order valence-corrected chi connectivity index (χ0v) is 13.1. The molecule has 22 heavy (non-hydrogen) atoms. The summed E-state index contributed by atoms with van der Waals surface area (Å²) in [5, 5.41) is 2.66. The van der Waals surface area contributed by atoms with Crippen LogP contribution < -0.4 is 10.0 Å².